The highest BCUT2D eigenvalue weighted by atomic mass is 35.5. The van der Waals surface area contributed by atoms with Crippen molar-refractivity contribution in [1.29, 1.82) is 0 Å². The maximum absolute atomic E-state index is 13.9. The number of carbonyl (C=O) groups excluding carboxylic acids is 2. The molecule has 4 aromatic carbocycles. The minimum absolute atomic E-state index is 0.152. The Bertz CT molecular complexity index is 2110. The first kappa shape index (κ1) is 36.1. The summed E-state index contributed by atoms with van der Waals surface area (Å²) in [6.07, 6.45) is 0. The van der Waals surface area contributed by atoms with Crippen LogP contribution in [-0.2, 0) is 21.9 Å². The van der Waals surface area contributed by atoms with Crippen molar-refractivity contribution in [3.63, 3.8) is 0 Å². The van der Waals surface area contributed by atoms with Gasteiger partial charge in [0, 0.05) is 21.4 Å². The molecule has 1 fully saturated rings. The zero-order chi connectivity index (χ0) is 36.2. The lowest BCUT2D eigenvalue weighted by molar-refractivity contribution is -0.132. The van der Waals surface area contributed by atoms with Crippen LogP contribution in [0.4, 0.5) is 5.13 Å². The standard InChI is InChI=1S/C37H31Cl2N3O7S2/c1-20-7-5-6-8-22(20)18-49-26-13-10-21(11-14-26)32(43)30-31(24-15-28(46-2)34(48-4)29(16-24)47-3)42(35(45)33(30)44)36-40-41-37(51-36)50-19-23-9-12-25(38)17-27(23)39/h5-17,31,43H,18-19H2,1-4H3/b32-30+. The number of aryl methyl sites for hydroxylation is 1. The molecule has 262 valence electrons. The largest absolute Gasteiger partial charge is 0.507 e. The molecule has 10 nitrogen and oxygen atoms in total. The number of methoxy groups -OCH3 is 3. The van der Waals surface area contributed by atoms with Crippen molar-refractivity contribution in [2.24, 2.45) is 0 Å². The summed E-state index contributed by atoms with van der Waals surface area (Å²) in [5.41, 5.74) is 3.55. The number of aliphatic hydroxyl groups excluding tert-OH is 1. The molecular weight excluding hydrogens is 733 g/mol. The number of thioether (sulfide) groups is 1. The van der Waals surface area contributed by atoms with Gasteiger partial charge in [-0.2, -0.15) is 0 Å². The number of halogens is 2. The Kier molecular flexibility index (Phi) is 11.1. The molecule has 1 aliphatic rings. The molecule has 0 radical (unpaired) electrons. The van der Waals surface area contributed by atoms with Crippen LogP contribution in [0.3, 0.4) is 0 Å². The number of hydrogen-bond donors (Lipinski definition) is 1. The highest BCUT2D eigenvalue weighted by Gasteiger charge is 2.49. The van der Waals surface area contributed by atoms with Crippen LogP contribution >= 0.6 is 46.3 Å². The number of Topliss-reactive ketones (excluding diaryl/α,β-unsaturated/α-hetero) is 1. The Morgan fingerprint density at radius 2 is 1.61 bits per heavy atom. The highest BCUT2D eigenvalue weighted by molar-refractivity contribution is 8.00. The van der Waals surface area contributed by atoms with E-state index in [0.717, 1.165) is 28.0 Å². The van der Waals surface area contributed by atoms with E-state index in [1.807, 2.05) is 37.3 Å². The molecule has 1 saturated heterocycles. The molecular formula is C37H31Cl2N3O7S2. The second-order valence-corrected chi connectivity index (χ2v) is 14.3. The van der Waals surface area contributed by atoms with Crippen LogP contribution in [-0.4, -0.2) is 48.3 Å². The molecule has 0 spiro atoms. The van der Waals surface area contributed by atoms with E-state index in [9.17, 15) is 14.7 Å². The van der Waals surface area contributed by atoms with Gasteiger partial charge in [-0.25, -0.2) is 0 Å². The molecule has 1 N–H and O–H groups in total. The molecule has 0 saturated carbocycles. The van der Waals surface area contributed by atoms with E-state index in [-0.39, 0.29) is 16.5 Å². The summed E-state index contributed by atoms with van der Waals surface area (Å²) in [5.74, 6) is -0.235. The Morgan fingerprint density at radius 1 is 0.902 bits per heavy atom. The normalized spacial score (nSPS) is 15.3. The summed E-state index contributed by atoms with van der Waals surface area (Å²) < 4.78 is 23.2. The molecule has 2 heterocycles. The van der Waals surface area contributed by atoms with Gasteiger partial charge in [0.2, 0.25) is 10.9 Å². The first-order valence-electron chi connectivity index (χ1n) is 15.4. The number of benzene rings is 4. The van der Waals surface area contributed by atoms with Crippen molar-refractivity contribution < 1.29 is 33.6 Å². The number of aromatic nitrogens is 2. The molecule has 1 aromatic heterocycles. The number of ether oxygens (including phenoxy) is 4. The predicted octanol–water partition coefficient (Wildman–Crippen LogP) is 8.68. The van der Waals surface area contributed by atoms with E-state index in [1.165, 1.54) is 38.0 Å². The Balaban J connectivity index is 1.38. The minimum atomic E-state index is -1.13. The minimum Gasteiger partial charge on any atom is -0.507 e. The van der Waals surface area contributed by atoms with Gasteiger partial charge in [-0.05, 0) is 77.7 Å². The SMILES string of the molecule is COc1cc(C2/C(=C(\O)c3ccc(OCc4ccccc4C)cc3)C(=O)C(=O)N2c2nnc(SCc3ccc(Cl)cc3Cl)s2)cc(OC)c1OC. The van der Waals surface area contributed by atoms with Gasteiger partial charge in [-0.3, -0.25) is 14.5 Å². The number of rotatable bonds is 12. The van der Waals surface area contributed by atoms with Crippen LogP contribution in [0.25, 0.3) is 5.76 Å². The average Bonchev–Trinajstić information content (AvgIpc) is 3.71. The molecule has 1 amide bonds. The van der Waals surface area contributed by atoms with Gasteiger partial charge < -0.3 is 24.1 Å². The summed E-state index contributed by atoms with van der Waals surface area (Å²) in [7, 11) is 4.39. The molecule has 14 heteroatoms. The second kappa shape index (κ2) is 15.6. The highest BCUT2D eigenvalue weighted by Crippen LogP contribution is 2.48. The molecule has 51 heavy (non-hydrogen) atoms. The Hall–Kier alpha value is -4.75. The molecule has 0 aliphatic carbocycles. The molecule has 1 unspecified atom stereocenters. The summed E-state index contributed by atoms with van der Waals surface area (Å²) in [6.45, 7) is 2.37. The molecule has 5 aromatic rings. The quantitative estimate of drug-likeness (QED) is 0.0435. The van der Waals surface area contributed by atoms with Crippen LogP contribution in [0, 0.1) is 6.92 Å². The Morgan fingerprint density at radius 3 is 2.25 bits per heavy atom. The third-order valence-electron chi connectivity index (χ3n) is 8.20. The molecule has 6 rings (SSSR count). The molecule has 1 atom stereocenters. The van der Waals surface area contributed by atoms with E-state index >= 15 is 0 Å². The summed E-state index contributed by atoms with van der Waals surface area (Å²) in [4.78, 5) is 29.0. The first-order chi connectivity index (χ1) is 24.6. The lowest BCUT2D eigenvalue weighted by atomic mass is 9.94. The number of anilines is 1. The predicted molar refractivity (Wildman–Crippen MR) is 199 cm³/mol. The molecule has 0 bridgehead atoms. The average molecular weight is 765 g/mol. The number of amides is 1. The summed E-state index contributed by atoms with van der Waals surface area (Å²) >= 11 is 14.9. The van der Waals surface area contributed by atoms with Gasteiger partial charge in [-0.15, -0.1) is 10.2 Å². The van der Waals surface area contributed by atoms with Gasteiger partial charge in [0.05, 0.1) is 32.9 Å². The smallest absolute Gasteiger partial charge is 0.301 e. The zero-order valence-electron chi connectivity index (χ0n) is 27.8. The summed E-state index contributed by atoms with van der Waals surface area (Å²) in [6, 6.07) is 21.9. The van der Waals surface area contributed by atoms with Crippen LogP contribution in [0.2, 0.25) is 10.0 Å². The fourth-order valence-corrected chi connectivity index (χ4v) is 7.96. The van der Waals surface area contributed by atoms with Gasteiger partial charge in [0.1, 0.15) is 18.1 Å². The fraction of sp³-hybridized carbons (Fsp3) is 0.189. The van der Waals surface area contributed by atoms with Gasteiger partial charge in [0.25, 0.3) is 5.78 Å². The number of ketones is 1. The van der Waals surface area contributed by atoms with E-state index < -0.39 is 17.7 Å². The van der Waals surface area contributed by atoms with Crippen molar-refractivity contribution in [3.8, 4) is 23.0 Å². The fourth-order valence-electron chi connectivity index (χ4n) is 5.54. The third-order valence-corrected chi connectivity index (χ3v) is 10.9. The number of carbonyl (C=O) groups is 2. The second-order valence-electron chi connectivity index (χ2n) is 11.2. The van der Waals surface area contributed by atoms with Crippen LogP contribution in [0.15, 0.2) is 88.8 Å². The van der Waals surface area contributed by atoms with Gasteiger partial charge >= 0.3 is 5.91 Å². The Labute approximate surface area is 312 Å². The lowest BCUT2D eigenvalue weighted by Gasteiger charge is -2.24. The zero-order valence-corrected chi connectivity index (χ0v) is 31.0. The third kappa shape index (κ3) is 7.50. The first-order valence-corrected chi connectivity index (χ1v) is 18.0. The van der Waals surface area contributed by atoms with Crippen molar-refractivity contribution >= 4 is 68.9 Å². The number of aliphatic hydroxyl groups is 1. The van der Waals surface area contributed by atoms with Crippen molar-refractivity contribution in [1.82, 2.24) is 10.2 Å². The topological polar surface area (TPSA) is 120 Å². The number of nitrogens with zero attached hydrogens (tertiary/aromatic N) is 3. The van der Waals surface area contributed by atoms with E-state index in [4.69, 9.17) is 42.1 Å². The summed E-state index contributed by atoms with van der Waals surface area (Å²) in [5, 5.41) is 21.5. The monoisotopic (exact) mass is 763 g/mol. The number of hydrogen-bond acceptors (Lipinski definition) is 11. The van der Waals surface area contributed by atoms with Gasteiger partial charge in [0.15, 0.2) is 15.8 Å². The van der Waals surface area contributed by atoms with Crippen LogP contribution in [0.1, 0.15) is 33.9 Å². The van der Waals surface area contributed by atoms with Crippen LogP contribution < -0.4 is 23.8 Å². The maximum atomic E-state index is 13.9. The van der Waals surface area contributed by atoms with Gasteiger partial charge in [-0.1, -0.05) is 76.6 Å². The van der Waals surface area contributed by atoms with Crippen molar-refractivity contribution in [2.45, 2.75) is 29.7 Å². The lowest BCUT2D eigenvalue weighted by Crippen LogP contribution is -2.29. The van der Waals surface area contributed by atoms with E-state index in [2.05, 4.69) is 10.2 Å². The van der Waals surface area contributed by atoms with Crippen LogP contribution in [0.5, 0.6) is 23.0 Å². The maximum Gasteiger partial charge on any atom is 0.301 e. The van der Waals surface area contributed by atoms with Crippen molar-refractivity contribution in [3.05, 3.63) is 122 Å². The van der Waals surface area contributed by atoms with Crippen molar-refractivity contribution in [2.75, 3.05) is 26.2 Å². The van der Waals surface area contributed by atoms with E-state index in [0.29, 0.717) is 60.9 Å². The van der Waals surface area contributed by atoms with E-state index in [1.54, 1.807) is 48.5 Å². The molecule has 1 aliphatic heterocycles.